The highest BCUT2D eigenvalue weighted by Gasteiger charge is 2.18. The first-order chi connectivity index (χ1) is 10.5. The fourth-order valence-electron chi connectivity index (χ4n) is 2.48. The van der Waals surface area contributed by atoms with E-state index in [1.54, 1.807) is 0 Å². The Morgan fingerprint density at radius 3 is 2.45 bits per heavy atom. The number of carbonyl (C=O) groups excluding carboxylic acids is 1. The van der Waals surface area contributed by atoms with Crippen LogP contribution in [0, 0.1) is 6.92 Å². The summed E-state index contributed by atoms with van der Waals surface area (Å²) >= 11 is 0. The first kappa shape index (κ1) is 16.3. The van der Waals surface area contributed by atoms with E-state index >= 15 is 0 Å². The predicted octanol–water partition coefficient (Wildman–Crippen LogP) is 2.76. The number of benzene rings is 1. The lowest BCUT2D eigenvalue weighted by Crippen LogP contribution is -2.31. The summed E-state index contributed by atoms with van der Waals surface area (Å²) < 4.78 is 1.96. The maximum Gasteiger partial charge on any atom is 0.253 e. The highest BCUT2D eigenvalue weighted by atomic mass is 16.1. The van der Waals surface area contributed by atoms with Crippen LogP contribution in [0.4, 0.5) is 0 Å². The molecule has 1 N–H and O–H groups in total. The van der Waals surface area contributed by atoms with E-state index in [4.69, 9.17) is 0 Å². The fourth-order valence-corrected chi connectivity index (χ4v) is 2.48. The quantitative estimate of drug-likeness (QED) is 0.890. The molecular formula is C18H25N3O. The third-order valence-electron chi connectivity index (χ3n) is 4.00. The van der Waals surface area contributed by atoms with E-state index in [1.165, 1.54) is 0 Å². The van der Waals surface area contributed by atoms with Crippen molar-refractivity contribution >= 4 is 5.91 Å². The Bertz CT molecular complexity index is 617. The molecule has 0 bridgehead atoms. The van der Waals surface area contributed by atoms with Crippen molar-refractivity contribution in [1.29, 1.82) is 0 Å². The molecule has 1 heterocycles. The summed E-state index contributed by atoms with van der Waals surface area (Å²) in [6.07, 6.45) is 2.80. The largest absolute Gasteiger partial charge is 0.354 e. The first-order valence-corrected chi connectivity index (χ1v) is 7.61. The lowest BCUT2D eigenvalue weighted by molar-refractivity contribution is 0.0932. The highest BCUT2D eigenvalue weighted by Crippen LogP contribution is 2.18. The number of aromatic nitrogens is 1. The monoisotopic (exact) mass is 299 g/mol. The summed E-state index contributed by atoms with van der Waals surface area (Å²) in [6.45, 7) is 2.89. The molecule has 2 rings (SSSR count). The standard InChI is InChI=1S/C18H25N3O/c1-14-16(10-13-21(14)4)18(22)19-17(11-12-20(2)3)15-8-6-5-7-9-15/h5-10,13,17H,11-12H2,1-4H3,(H,19,22)/t17-/m0/s1. The van der Waals surface area contributed by atoms with Gasteiger partial charge in [0.15, 0.2) is 0 Å². The Morgan fingerprint density at radius 1 is 1.23 bits per heavy atom. The molecule has 0 aliphatic rings. The second-order valence-corrected chi connectivity index (χ2v) is 5.95. The number of nitrogens with zero attached hydrogens (tertiary/aromatic N) is 2. The van der Waals surface area contributed by atoms with Gasteiger partial charge in [-0.2, -0.15) is 0 Å². The molecule has 1 amide bonds. The van der Waals surface area contributed by atoms with Crippen LogP contribution in [0.25, 0.3) is 0 Å². The molecule has 0 aliphatic heterocycles. The lowest BCUT2D eigenvalue weighted by atomic mass is 10.0. The van der Waals surface area contributed by atoms with Crippen LogP contribution in [-0.2, 0) is 7.05 Å². The fraction of sp³-hybridized carbons (Fsp3) is 0.389. The summed E-state index contributed by atoms with van der Waals surface area (Å²) in [5.41, 5.74) is 2.87. The minimum atomic E-state index is -0.00860. The molecule has 4 heteroatoms. The van der Waals surface area contributed by atoms with Crippen molar-refractivity contribution in [3.05, 3.63) is 59.4 Å². The van der Waals surface area contributed by atoms with Crippen molar-refractivity contribution in [2.75, 3.05) is 20.6 Å². The van der Waals surface area contributed by atoms with Crippen molar-refractivity contribution in [3.63, 3.8) is 0 Å². The second kappa shape index (κ2) is 7.27. The van der Waals surface area contributed by atoms with Gasteiger partial charge in [-0.25, -0.2) is 0 Å². The molecule has 118 valence electrons. The lowest BCUT2D eigenvalue weighted by Gasteiger charge is -2.21. The molecular weight excluding hydrogens is 274 g/mol. The first-order valence-electron chi connectivity index (χ1n) is 7.61. The van der Waals surface area contributed by atoms with Crippen LogP contribution in [0.15, 0.2) is 42.6 Å². The zero-order valence-corrected chi connectivity index (χ0v) is 13.8. The van der Waals surface area contributed by atoms with Crippen LogP contribution in [0.3, 0.4) is 0 Å². The summed E-state index contributed by atoms with van der Waals surface area (Å²) in [5.74, 6) is -0.00860. The summed E-state index contributed by atoms with van der Waals surface area (Å²) in [4.78, 5) is 14.7. The summed E-state index contributed by atoms with van der Waals surface area (Å²) in [6, 6.07) is 12.1. The second-order valence-electron chi connectivity index (χ2n) is 5.95. The van der Waals surface area contributed by atoms with Gasteiger partial charge in [-0.15, -0.1) is 0 Å². The summed E-state index contributed by atoms with van der Waals surface area (Å²) in [5, 5.41) is 3.18. The van der Waals surface area contributed by atoms with Gasteiger partial charge in [0.25, 0.3) is 5.91 Å². The topological polar surface area (TPSA) is 37.3 Å². The van der Waals surface area contributed by atoms with Gasteiger partial charge >= 0.3 is 0 Å². The number of aryl methyl sites for hydroxylation is 1. The van der Waals surface area contributed by atoms with Gasteiger partial charge in [0.2, 0.25) is 0 Å². The van der Waals surface area contributed by atoms with Crippen LogP contribution in [0.1, 0.15) is 34.1 Å². The van der Waals surface area contributed by atoms with Gasteiger partial charge in [0, 0.05) is 18.9 Å². The van der Waals surface area contributed by atoms with Gasteiger partial charge in [-0.3, -0.25) is 4.79 Å². The Hall–Kier alpha value is -2.07. The number of hydrogen-bond donors (Lipinski definition) is 1. The van der Waals surface area contributed by atoms with Crippen LogP contribution in [0.5, 0.6) is 0 Å². The van der Waals surface area contributed by atoms with Gasteiger partial charge in [0.1, 0.15) is 0 Å². The smallest absolute Gasteiger partial charge is 0.253 e. The third kappa shape index (κ3) is 3.98. The molecule has 4 nitrogen and oxygen atoms in total. The normalized spacial score (nSPS) is 12.4. The molecule has 1 aromatic heterocycles. The van der Waals surface area contributed by atoms with Crippen molar-refractivity contribution in [2.45, 2.75) is 19.4 Å². The molecule has 1 aromatic carbocycles. The van der Waals surface area contributed by atoms with Crippen molar-refractivity contribution in [2.24, 2.45) is 7.05 Å². The van der Waals surface area contributed by atoms with E-state index in [9.17, 15) is 4.79 Å². The highest BCUT2D eigenvalue weighted by molar-refractivity contribution is 5.95. The minimum absolute atomic E-state index is 0.00860. The van der Waals surface area contributed by atoms with Crippen molar-refractivity contribution in [1.82, 2.24) is 14.8 Å². The number of hydrogen-bond acceptors (Lipinski definition) is 2. The molecule has 0 unspecified atom stereocenters. The molecule has 0 aliphatic carbocycles. The van der Waals surface area contributed by atoms with Crippen LogP contribution < -0.4 is 5.32 Å². The van der Waals surface area contributed by atoms with Gasteiger partial charge < -0.3 is 14.8 Å². The molecule has 0 saturated heterocycles. The van der Waals surface area contributed by atoms with E-state index in [1.807, 2.05) is 63.1 Å². The average molecular weight is 299 g/mol. The van der Waals surface area contributed by atoms with E-state index in [0.717, 1.165) is 29.8 Å². The molecule has 0 saturated carbocycles. The Kier molecular flexibility index (Phi) is 5.39. The molecule has 0 fully saturated rings. The molecule has 2 aromatic rings. The number of rotatable bonds is 6. The van der Waals surface area contributed by atoms with Crippen LogP contribution >= 0.6 is 0 Å². The van der Waals surface area contributed by atoms with Crippen LogP contribution in [0.2, 0.25) is 0 Å². The SMILES string of the molecule is Cc1c(C(=O)N[C@@H](CCN(C)C)c2ccccc2)ccn1C. The molecule has 22 heavy (non-hydrogen) atoms. The Morgan fingerprint density at radius 2 is 1.91 bits per heavy atom. The van der Waals surface area contributed by atoms with E-state index in [-0.39, 0.29) is 11.9 Å². The van der Waals surface area contributed by atoms with Gasteiger partial charge in [-0.1, -0.05) is 30.3 Å². The average Bonchev–Trinajstić information content (AvgIpc) is 2.84. The zero-order chi connectivity index (χ0) is 16.1. The van der Waals surface area contributed by atoms with Crippen LogP contribution in [-0.4, -0.2) is 36.0 Å². The minimum Gasteiger partial charge on any atom is -0.354 e. The van der Waals surface area contributed by atoms with Gasteiger partial charge in [0.05, 0.1) is 11.6 Å². The predicted molar refractivity (Wildman–Crippen MR) is 90.0 cm³/mol. The van der Waals surface area contributed by atoms with Crippen molar-refractivity contribution < 1.29 is 4.79 Å². The number of nitrogens with one attached hydrogen (secondary N) is 1. The number of carbonyl (C=O) groups is 1. The molecule has 0 spiro atoms. The van der Waals surface area contributed by atoms with Gasteiger partial charge in [-0.05, 0) is 45.6 Å². The van der Waals surface area contributed by atoms with E-state index in [2.05, 4.69) is 22.3 Å². The zero-order valence-electron chi connectivity index (χ0n) is 13.8. The number of amides is 1. The Balaban J connectivity index is 2.15. The molecule has 1 atom stereocenters. The maximum absolute atomic E-state index is 12.6. The van der Waals surface area contributed by atoms with E-state index < -0.39 is 0 Å². The summed E-state index contributed by atoms with van der Waals surface area (Å²) in [7, 11) is 6.04. The molecule has 0 radical (unpaired) electrons. The maximum atomic E-state index is 12.6. The van der Waals surface area contributed by atoms with E-state index in [0.29, 0.717) is 0 Å². The third-order valence-corrected chi connectivity index (χ3v) is 4.00. The Labute approximate surface area is 132 Å². The van der Waals surface area contributed by atoms with Crippen molar-refractivity contribution in [3.8, 4) is 0 Å².